The SMILES string of the molecule is Nc1nccn2c([C@@H]3CC[C@H]4CCC(=O)N4C3)nc(-c3ccc(C(O)(c4ccc(F)cc4)C(F)(F)F)cc3)c12. The maximum absolute atomic E-state index is 14.2. The van der Waals surface area contributed by atoms with E-state index in [1.54, 1.807) is 12.4 Å². The first-order valence-corrected chi connectivity index (χ1v) is 12.7. The van der Waals surface area contributed by atoms with Gasteiger partial charge >= 0.3 is 6.18 Å². The number of nitrogens with zero attached hydrogens (tertiary/aromatic N) is 4. The van der Waals surface area contributed by atoms with Crippen LogP contribution >= 0.6 is 0 Å². The molecular formula is C28H25F4N5O2. The van der Waals surface area contributed by atoms with Gasteiger partial charge in [0, 0.05) is 42.9 Å². The predicted octanol–water partition coefficient (Wildman–Crippen LogP) is 4.78. The van der Waals surface area contributed by atoms with Crippen molar-refractivity contribution in [3.63, 3.8) is 0 Å². The lowest BCUT2D eigenvalue weighted by atomic mass is 9.85. The Hall–Kier alpha value is -3.99. The van der Waals surface area contributed by atoms with Gasteiger partial charge in [-0.2, -0.15) is 13.2 Å². The molecule has 3 N–H and O–H groups in total. The average Bonchev–Trinajstić information content (AvgIpc) is 3.49. The van der Waals surface area contributed by atoms with Crippen LogP contribution in [-0.4, -0.2) is 49.0 Å². The van der Waals surface area contributed by atoms with E-state index in [1.807, 2.05) is 9.30 Å². The Labute approximate surface area is 220 Å². The number of aromatic nitrogens is 3. The van der Waals surface area contributed by atoms with E-state index in [-0.39, 0.29) is 23.7 Å². The van der Waals surface area contributed by atoms with Gasteiger partial charge in [0.05, 0.1) is 0 Å². The molecule has 0 spiro atoms. The molecule has 0 saturated carbocycles. The molecule has 0 radical (unpaired) electrons. The number of piperidine rings is 1. The molecule has 0 bridgehead atoms. The minimum Gasteiger partial charge on any atom is -0.382 e. The fourth-order valence-corrected chi connectivity index (χ4v) is 5.91. The number of carbonyl (C=O) groups excluding carboxylic acids is 1. The Morgan fingerprint density at radius 3 is 2.31 bits per heavy atom. The van der Waals surface area contributed by atoms with Crippen molar-refractivity contribution < 1.29 is 27.5 Å². The number of imidazole rings is 1. The first kappa shape index (κ1) is 25.3. The number of benzene rings is 2. The highest BCUT2D eigenvalue weighted by Gasteiger charge is 2.56. The minimum absolute atomic E-state index is 0.0422. The summed E-state index contributed by atoms with van der Waals surface area (Å²) in [4.78, 5) is 23.4. The number of nitrogen functional groups attached to an aromatic ring is 1. The number of anilines is 1. The van der Waals surface area contributed by atoms with Gasteiger partial charge < -0.3 is 15.7 Å². The zero-order chi connectivity index (χ0) is 27.5. The van der Waals surface area contributed by atoms with E-state index < -0.39 is 28.7 Å². The van der Waals surface area contributed by atoms with Gasteiger partial charge in [-0.05, 0) is 42.5 Å². The first-order chi connectivity index (χ1) is 18.6. The summed E-state index contributed by atoms with van der Waals surface area (Å²) in [5, 5.41) is 10.9. The lowest BCUT2D eigenvalue weighted by molar-refractivity contribution is -0.248. The van der Waals surface area contributed by atoms with Gasteiger partial charge in [0.2, 0.25) is 11.5 Å². The van der Waals surface area contributed by atoms with Crippen LogP contribution in [0, 0.1) is 5.82 Å². The highest BCUT2D eigenvalue weighted by atomic mass is 19.4. The Bertz CT molecular complexity index is 1550. The fraction of sp³-hybridized carbons (Fsp3) is 0.321. The molecule has 2 aliphatic rings. The zero-order valence-corrected chi connectivity index (χ0v) is 20.7. The van der Waals surface area contributed by atoms with E-state index in [4.69, 9.17) is 10.7 Å². The monoisotopic (exact) mass is 539 g/mol. The summed E-state index contributed by atoms with van der Waals surface area (Å²) < 4.78 is 57.8. The fourth-order valence-electron chi connectivity index (χ4n) is 5.91. The molecule has 2 aromatic carbocycles. The van der Waals surface area contributed by atoms with Gasteiger partial charge in [0.1, 0.15) is 28.7 Å². The second kappa shape index (κ2) is 9.04. The van der Waals surface area contributed by atoms with Crippen molar-refractivity contribution in [3.8, 4) is 11.3 Å². The predicted molar refractivity (Wildman–Crippen MR) is 135 cm³/mol. The number of carbonyl (C=O) groups is 1. The van der Waals surface area contributed by atoms with Crippen LogP contribution in [0.15, 0.2) is 60.9 Å². The molecular weight excluding hydrogens is 514 g/mol. The van der Waals surface area contributed by atoms with Crippen molar-refractivity contribution >= 4 is 17.2 Å². The quantitative estimate of drug-likeness (QED) is 0.364. The van der Waals surface area contributed by atoms with Gasteiger partial charge in [-0.3, -0.25) is 9.20 Å². The Morgan fingerprint density at radius 1 is 0.974 bits per heavy atom. The van der Waals surface area contributed by atoms with Crippen molar-refractivity contribution in [1.29, 1.82) is 0 Å². The molecule has 6 rings (SSSR count). The van der Waals surface area contributed by atoms with Crippen molar-refractivity contribution in [2.75, 3.05) is 12.3 Å². The topological polar surface area (TPSA) is 96.8 Å². The van der Waals surface area contributed by atoms with Gasteiger partial charge in [0.15, 0.2) is 0 Å². The van der Waals surface area contributed by atoms with Crippen LogP contribution in [0.1, 0.15) is 48.6 Å². The van der Waals surface area contributed by atoms with Crippen LogP contribution in [0.25, 0.3) is 16.8 Å². The number of halogens is 4. The maximum atomic E-state index is 14.2. The highest BCUT2D eigenvalue weighted by Crippen LogP contribution is 2.45. The first-order valence-electron chi connectivity index (χ1n) is 12.7. The molecule has 202 valence electrons. The van der Waals surface area contributed by atoms with E-state index in [2.05, 4.69) is 4.98 Å². The number of amides is 1. The molecule has 2 fully saturated rings. The second-order valence-corrected chi connectivity index (χ2v) is 10.2. The summed E-state index contributed by atoms with van der Waals surface area (Å²) in [6.07, 6.45) is 1.35. The van der Waals surface area contributed by atoms with Crippen molar-refractivity contribution in [1.82, 2.24) is 19.3 Å². The van der Waals surface area contributed by atoms with E-state index in [1.165, 1.54) is 24.3 Å². The molecule has 3 atom stereocenters. The average molecular weight is 540 g/mol. The number of hydrogen-bond acceptors (Lipinski definition) is 5. The molecule has 1 unspecified atom stereocenters. The van der Waals surface area contributed by atoms with Crippen LogP contribution in [0.3, 0.4) is 0 Å². The number of fused-ring (bicyclic) bond motifs is 2. The van der Waals surface area contributed by atoms with Crippen molar-refractivity contribution in [2.45, 2.75) is 49.4 Å². The van der Waals surface area contributed by atoms with Crippen LogP contribution in [0.5, 0.6) is 0 Å². The Morgan fingerprint density at radius 2 is 1.64 bits per heavy atom. The third-order valence-corrected chi connectivity index (χ3v) is 7.94. The number of aliphatic hydroxyl groups is 1. The van der Waals surface area contributed by atoms with E-state index in [9.17, 15) is 27.5 Å². The number of alkyl halides is 3. The summed E-state index contributed by atoms with van der Waals surface area (Å²) in [5.74, 6) is 0.295. The summed E-state index contributed by atoms with van der Waals surface area (Å²) in [7, 11) is 0. The largest absolute Gasteiger partial charge is 0.425 e. The molecule has 2 saturated heterocycles. The smallest absolute Gasteiger partial charge is 0.382 e. The molecule has 0 aliphatic carbocycles. The van der Waals surface area contributed by atoms with Gasteiger partial charge in [-0.15, -0.1) is 0 Å². The Kier molecular flexibility index (Phi) is 5.87. The maximum Gasteiger partial charge on any atom is 0.425 e. The van der Waals surface area contributed by atoms with Gasteiger partial charge in [-0.25, -0.2) is 14.4 Å². The molecule has 2 aliphatic heterocycles. The lowest BCUT2D eigenvalue weighted by Gasteiger charge is -2.34. The summed E-state index contributed by atoms with van der Waals surface area (Å²) in [6, 6.07) is 9.07. The van der Waals surface area contributed by atoms with Crippen LogP contribution in [0.4, 0.5) is 23.4 Å². The number of nitrogens with two attached hydrogens (primary N) is 1. The summed E-state index contributed by atoms with van der Waals surface area (Å²) >= 11 is 0. The normalized spacial score (nSPS) is 21.3. The van der Waals surface area contributed by atoms with Crippen LogP contribution in [-0.2, 0) is 10.4 Å². The molecule has 7 nitrogen and oxygen atoms in total. The Balaban J connectivity index is 1.41. The highest BCUT2D eigenvalue weighted by molar-refractivity contribution is 5.85. The summed E-state index contributed by atoms with van der Waals surface area (Å²) in [6.45, 7) is 0.541. The zero-order valence-electron chi connectivity index (χ0n) is 20.7. The molecule has 2 aromatic heterocycles. The van der Waals surface area contributed by atoms with E-state index in [0.29, 0.717) is 35.6 Å². The van der Waals surface area contributed by atoms with Gasteiger partial charge in [0.25, 0.3) is 0 Å². The number of rotatable bonds is 4. The second-order valence-electron chi connectivity index (χ2n) is 10.2. The molecule has 4 aromatic rings. The van der Waals surface area contributed by atoms with E-state index >= 15 is 0 Å². The van der Waals surface area contributed by atoms with E-state index in [0.717, 1.165) is 43.5 Å². The third-order valence-electron chi connectivity index (χ3n) is 7.94. The molecule has 1 amide bonds. The van der Waals surface area contributed by atoms with Crippen molar-refractivity contribution in [2.24, 2.45) is 0 Å². The van der Waals surface area contributed by atoms with Crippen molar-refractivity contribution in [3.05, 3.63) is 83.7 Å². The van der Waals surface area contributed by atoms with Crippen LogP contribution < -0.4 is 5.73 Å². The summed E-state index contributed by atoms with van der Waals surface area (Å²) in [5.41, 5.74) is 3.40. The minimum atomic E-state index is -5.07. The number of hydrogen-bond donors (Lipinski definition) is 2. The molecule has 39 heavy (non-hydrogen) atoms. The molecule has 4 heterocycles. The van der Waals surface area contributed by atoms with Gasteiger partial charge in [-0.1, -0.05) is 36.4 Å². The van der Waals surface area contributed by atoms with Crippen LogP contribution in [0.2, 0.25) is 0 Å². The third kappa shape index (κ3) is 4.03. The standard InChI is InChI=1S/C28H25F4N5O2/c29-20-8-6-19(7-9-20)27(39,28(30,31)32)18-4-1-16(2-5-18)23-24-25(33)34-13-14-36(24)26(35-23)17-3-10-21-11-12-22(38)37(21)15-17/h1-2,4-9,13-14,17,21,39H,3,10-12,15H2,(H2,33,34)/t17-,21+,27?/m1/s1. The lowest BCUT2D eigenvalue weighted by Crippen LogP contribution is -2.43. The molecule has 11 heteroatoms.